The largest absolute Gasteiger partial charge is 0.434 e. The summed E-state index contributed by atoms with van der Waals surface area (Å²) in [7, 11) is 0. The molecule has 2 aromatic heterocycles. The van der Waals surface area contributed by atoms with E-state index in [9.17, 15) is 13.2 Å². The van der Waals surface area contributed by atoms with Gasteiger partial charge >= 0.3 is 6.18 Å². The number of H-pyrrole nitrogens is 1. The number of imidazole rings is 1. The van der Waals surface area contributed by atoms with Crippen LogP contribution >= 0.6 is 11.6 Å². The average Bonchev–Trinajstić information content (AvgIpc) is 3.03. The molecule has 4 nitrogen and oxygen atoms in total. The Morgan fingerprint density at radius 1 is 1.33 bits per heavy atom. The maximum Gasteiger partial charge on any atom is 0.434 e. The molecule has 0 atom stereocenters. The lowest BCUT2D eigenvalue weighted by Gasteiger charge is -2.07. The van der Waals surface area contributed by atoms with Crippen LogP contribution in [-0.4, -0.2) is 19.7 Å². The average molecular weight is 315 g/mol. The highest BCUT2D eigenvalue weighted by Gasteiger charge is 2.34. The summed E-state index contributed by atoms with van der Waals surface area (Å²) in [5.74, 6) is 0.321. The van der Waals surface area contributed by atoms with Crippen LogP contribution < -0.4 is 0 Å². The summed E-state index contributed by atoms with van der Waals surface area (Å²) in [5.41, 5.74) is 0.256. The van der Waals surface area contributed by atoms with Gasteiger partial charge in [-0.25, -0.2) is 4.98 Å². The van der Waals surface area contributed by atoms with Gasteiger partial charge in [0.15, 0.2) is 5.69 Å². The Kier molecular flexibility index (Phi) is 3.16. The summed E-state index contributed by atoms with van der Waals surface area (Å²) < 4.78 is 39.8. The highest BCUT2D eigenvalue weighted by molar-refractivity contribution is 6.35. The Labute approximate surface area is 122 Å². The molecule has 0 bridgehead atoms. The van der Waals surface area contributed by atoms with Gasteiger partial charge in [0.2, 0.25) is 0 Å². The molecular weight excluding hydrogens is 305 g/mol. The molecule has 0 aliphatic carbocycles. The minimum absolute atomic E-state index is 0.321. The topological polar surface area (TPSA) is 46.5 Å². The van der Waals surface area contributed by atoms with Crippen LogP contribution in [0, 0.1) is 0 Å². The third-order valence-corrected chi connectivity index (χ3v) is 3.45. The molecular formula is C13H10ClF3N4. The number of alkyl halides is 3. The highest BCUT2D eigenvalue weighted by atomic mass is 35.5. The lowest BCUT2D eigenvalue weighted by Crippen LogP contribution is -2.05. The number of benzene rings is 1. The molecule has 0 aliphatic heterocycles. The molecule has 1 N–H and O–H groups in total. The van der Waals surface area contributed by atoms with Crippen molar-refractivity contribution in [2.75, 3.05) is 0 Å². The zero-order valence-electron chi connectivity index (χ0n) is 10.9. The molecule has 0 radical (unpaired) electrons. The molecule has 0 unspecified atom stereocenters. The van der Waals surface area contributed by atoms with Crippen LogP contribution in [0.25, 0.3) is 16.6 Å². The summed E-state index contributed by atoms with van der Waals surface area (Å²) in [4.78, 5) is 3.65. The number of rotatable bonds is 2. The quantitative estimate of drug-likeness (QED) is 0.777. The van der Waals surface area contributed by atoms with Gasteiger partial charge in [-0.1, -0.05) is 18.5 Å². The fourth-order valence-electron chi connectivity index (χ4n) is 2.17. The van der Waals surface area contributed by atoms with Crippen molar-refractivity contribution in [3.63, 3.8) is 0 Å². The van der Waals surface area contributed by atoms with Crippen molar-refractivity contribution < 1.29 is 13.2 Å². The van der Waals surface area contributed by atoms with Crippen molar-refractivity contribution in [2.45, 2.75) is 19.5 Å². The Bertz CT molecular complexity index is 803. The molecule has 0 saturated carbocycles. The van der Waals surface area contributed by atoms with Gasteiger partial charge in [-0.3, -0.25) is 5.10 Å². The van der Waals surface area contributed by atoms with Crippen LogP contribution in [0.1, 0.15) is 18.4 Å². The second kappa shape index (κ2) is 4.77. The molecule has 0 spiro atoms. The molecule has 8 heteroatoms. The summed E-state index contributed by atoms with van der Waals surface area (Å²) in [6, 6.07) is 3.30. The van der Waals surface area contributed by atoms with E-state index in [1.807, 2.05) is 0 Å². The van der Waals surface area contributed by atoms with Crippen LogP contribution in [0.3, 0.4) is 0 Å². The summed E-state index contributed by atoms with van der Waals surface area (Å²) >= 11 is 6.12. The zero-order valence-corrected chi connectivity index (χ0v) is 11.6. The predicted molar refractivity (Wildman–Crippen MR) is 72.6 cm³/mol. The number of hydrogen-bond donors (Lipinski definition) is 1. The molecule has 110 valence electrons. The van der Waals surface area contributed by atoms with Crippen molar-refractivity contribution in [2.24, 2.45) is 0 Å². The first-order valence-corrected chi connectivity index (χ1v) is 6.56. The molecule has 21 heavy (non-hydrogen) atoms. The second-order valence-electron chi connectivity index (χ2n) is 4.53. The van der Waals surface area contributed by atoms with Crippen molar-refractivity contribution in [1.29, 1.82) is 0 Å². The Morgan fingerprint density at radius 2 is 2.10 bits per heavy atom. The SMILES string of the molecule is CCc1nc(C(F)(F)F)cn1-c1cc(Cl)c2[nH]ncc2c1. The van der Waals surface area contributed by atoms with Crippen molar-refractivity contribution >= 4 is 22.5 Å². The van der Waals surface area contributed by atoms with Gasteiger partial charge in [-0.05, 0) is 12.1 Å². The van der Waals surface area contributed by atoms with Crippen molar-refractivity contribution in [3.05, 3.63) is 41.1 Å². The third kappa shape index (κ3) is 2.37. The van der Waals surface area contributed by atoms with E-state index >= 15 is 0 Å². The van der Waals surface area contributed by atoms with Gasteiger partial charge in [0.05, 0.1) is 16.7 Å². The molecule has 0 saturated heterocycles. The molecule has 0 aliphatic rings. The van der Waals surface area contributed by atoms with Gasteiger partial charge in [-0.15, -0.1) is 0 Å². The van der Waals surface area contributed by atoms with E-state index in [2.05, 4.69) is 15.2 Å². The smallest absolute Gasteiger partial charge is 0.303 e. The third-order valence-electron chi connectivity index (χ3n) is 3.15. The van der Waals surface area contributed by atoms with E-state index in [1.54, 1.807) is 25.3 Å². The lowest BCUT2D eigenvalue weighted by molar-refractivity contribution is -0.141. The van der Waals surface area contributed by atoms with E-state index in [1.165, 1.54) is 4.57 Å². The fourth-order valence-corrected chi connectivity index (χ4v) is 2.43. The number of aryl methyl sites for hydroxylation is 1. The Hall–Kier alpha value is -2.02. The number of aromatic nitrogens is 4. The van der Waals surface area contributed by atoms with Crippen LogP contribution in [-0.2, 0) is 12.6 Å². The summed E-state index contributed by atoms with van der Waals surface area (Å²) in [5, 5.41) is 7.72. The number of fused-ring (bicyclic) bond motifs is 1. The van der Waals surface area contributed by atoms with Crippen LogP contribution in [0.2, 0.25) is 5.02 Å². The number of aromatic amines is 1. The van der Waals surface area contributed by atoms with E-state index in [0.717, 1.165) is 11.6 Å². The monoisotopic (exact) mass is 314 g/mol. The van der Waals surface area contributed by atoms with Crippen LogP contribution in [0.5, 0.6) is 0 Å². The van der Waals surface area contributed by atoms with Crippen molar-refractivity contribution in [3.8, 4) is 5.69 Å². The molecule has 1 aromatic carbocycles. The minimum Gasteiger partial charge on any atom is -0.303 e. The Balaban J connectivity index is 2.19. The minimum atomic E-state index is -4.47. The first kappa shape index (κ1) is 13.9. The molecule has 0 amide bonds. The van der Waals surface area contributed by atoms with E-state index < -0.39 is 11.9 Å². The van der Waals surface area contributed by atoms with Gasteiger partial charge in [0.1, 0.15) is 5.82 Å². The number of nitrogens with zero attached hydrogens (tertiary/aromatic N) is 3. The summed E-state index contributed by atoms with van der Waals surface area (Å²) in [6.07, 6.45) is -1.55. The van der Waals surface area contributed by atoms with Gasteiger partial charge in [0.25, 0.3) is 0 Å². The maximum atomic E-state index is 12.8. The summed E-state index contributed by atoms with van der Waals surface area (Å²) in [6.45, 7) is 1.75. The lowest BCUT2D eigenvalue weighted by atomic mass is 10.2. The molecule has 2 heterocycles. The molecule has 3 rings (SSSR count). The van der Waals surface area contributed by atoms with Crippen LogP contribution in [0.4, 0.5) is 13.2 Å². The van der Waals surface area contributed by atoms with E-state index in [4.69, 9.17) is 11.6 Å². The van der Waals surface area contributed by atoms with Crippen LogP contribution in [0.15, 0.2) is 24.5 Å². The fraction of sp³-hybridized carbons (Fsp3) is 0.231. The number of nitrogens with one attached hydrogen (secondary N) is 1. The maximum absolute atomic E-state index is 12.8. The zero-order chi connectivity index (χ0) is 15.2. The van der Waals surface area contributed by atoms with Gasteiger partial charge < -0.3 is 4.57 Å². The highest BCUT2D eigenvalue weighted by Crippen LogP contribution is 2.31. The first-order chi connectivity index (χ1) is 9.90. The van der Waals surface area contributed by atoms with Gasteiger partial charge in [0, 0.05) is 23.7 Å². The predicted octanol–water partition coefficient (Wildman–Crippen LogP) is 3.98. The standard InChI is InChI=1S/C13H10ClF3N4/c1-2-11-19-10(13(15,16)17)6-21(11)8-3-7-5-18-20-12(7)9(14)4-8/h3-6H,2H2,1H3,(H,18,20). The number of hydrogen-bond acceptors (Lipinski definition) is 2. The van der Waals surface area contributed by atoms with E-state index in [0.29, 0.717) is 28.5 Å². The molecule has 0 fully saturated rings. The first-order valence-electron chi connectivity index (χ1n) is 6.18. The molecule has 3 aromatic rings. The van der Waals surface area contributed by atoms with Gasteiger partial charge in [-0.2, -0.15) is 18.3 Å². The Morgan fingerprint density at radius 3 is 2.76 bits per heavy atom. The number of halogens is 4. The normalized spacial score (nSPS) is 12.2. The van der Waals surface area contributed by atoms with E-state index in [-0.39, 0.29) is 0 Å². The second-order valence-corrected chi connectivity index (χ2v) is 4.93. The van der Waals surface area contributed by atoms with Crippen molar-refractivity contribution in [1.82, 2.24) is 19.7 Å².